The van der Waals surface area contributed by atoms with E-state index in [4.69, 9.17) is 14.1 Å². The highest BCUT2D eigenvalue weighted by molar-refractivity contribution is 5.97. The van der Waals surface area contributed by atoms with E-state index >= 15 is 0 Å². The van der Waals surface area contributed by atoms with Crippen LogP contribution in [0.25, 0.3) is 33.3 Å². The van der Waals surface area contributed by atoms with Gasteiger partial charge in [0.1, 0.15) is 17.0 Å². The second-order valence-electron chi connectivity index (χ2n) is 6.17. The maximum absolute atomic E-state index is 12.5. The van der Waals surface area contributed by atoms with Crippen LogP contribution >= 0.6 is 0 Å². The van der Waals surface area contributed by atoms with Gasteiger partial charge in [0.25, 0.3) is 0 Å². The molecule has 1 aliphatic carbocycles. The molecule has 26 heavy (non-hydrogen) atoms. The van der Waals surface area contributed by atoms with Gasteiger partial charge in [0, 0.05) is 41.7 Å². The Morgan fingerprint density at radius 3 is 2.58 bits per heavy atom. The summed E-state index contributed by atoms with van der Waals surface area (Å²) in [5.41, 5.74) is 3.10. The molecule has 0 atom stereocenters. The molecule has 0 saturated carbocycles. The fourth-order valence-corrected chi connectivity index (χ4v) is 3.35. The molecule has 5 heteroatoms. The summed E-state index contributed by atoms with van der Waals surface area (Å²) in [7, 11) is 1.60. The predicted molar refractivity (Wildman–Crippen MR) is 105 cm³/mol. The zero-order valence-corrected chi connectivity index (χ0v) is 15.1. The number of ether oxygens (including phenoxy) is 1. The lowest BCUT2D eigenvalue weighted by atomic mass is 10.0. The van der Waals surface area contributed by atoms with Crippen molar-refractivity contribution in [2.75, 3.05) is 25.1 Å². The minimum atomic E-state index is -0.0834. The van der Waals surface area contributed by atoms with Gasteiger partial charge < -0.3 is 14.1 Å². The molecule has 4 rings (SSSR count). The number of rotatable bonds is 4. The lowest BCUT2D eigenvalue weighted by molar-refractivity contribution is 0.415. The summed E-state index contributed by atoms with van der Waals surface area (Å²) in [6.07, 6.45) is 0. The maximum atomic E-state index is 12.5. The van der Waals surface area contributed by atoms with Crippen molar-refractivity contribution in [1.82, 2.24) is 4.98 Å². The molecule has 0 spiro atoms. The molecule has 1 heterocycles. The van der Waals surface area contributed by atoms with E-state index in [0.29, 0.717) is 28.2 Å². The molecule has 0 amide bonds. The zero-order chi connectivity index (χ0) is 18.3. The van der Waals surface area contributed by atoms with Crippen molar-refractivity contribution in [1.29, 1.82) is 0 Å². The van der Waals surface area contributed by atoms with Crippen LogP contribution in [0.3, 0.4) is 0 Å². The van der Waals surface area contributed by atoms with Crippen molar-refractivity contribution in [3.05, 3.63) is 52.7 Å². The Balaban J connectivity index is 2.01. The molecule has 132 valence electrons. The topological polar surface area (TPSA) is 55.6 Å². The van der Waals surface area contributed by atoms with Gasteiger partial charge in [-0.05, 0) is 44.2 Å². The summed E-state index contributed by atoms with van der Waals surface area (Å²) in [6, 6.07) is 12.9. The van der Waals surface area contributed by atoms with Crippen molar-refractivity contribution in [3.8, 4) is 17.2 Å². The SMILES string of the molecule is CCN(CC)c1ccc2nc3c4cc(OC)ccc4c(=O)cc-3oc2c1. The molecular formula is C21H20N2O3. The van der Waals surface area contributed by atoms with Gasteiger partial charge >= 0.3 is 0 Å². The van der Waals surface area contributed by atoms with E-state index in [-0.39, 0.29) is 5.43 Å². The molecule has 2 aromatic rings. The van der Waals surface area contributed by atoms with Gasteiger partial charge in [0.2, 0.25) is 0 Å². The average Bonchev–Trinajstić information content (AvgIpc) is 2.67. The third-order valence-electron chi connectivity index (χ3n) is 4.77. The van der Waals surface area contributed by atoms with Gasteiger partial charge in [-0.15, -0.1) is 0 Å². The van der Waals surface area contributed by atoms with Crippen LogP contribution in [-0.2, 0) is 0 Å². The normalized spacial score (nSPS) is 11.3. The molecule has 0 aromatic heterocycles. The van der Waals surface area contributed by atoms with Crippen molar-refractivity contribution >= 4 is 27.6 Å². The van der Waals surface area contributed by atoms with Crippen LogP contribution < -0.4 is 15.1 Å². The number of aromatic nitrogens is 1. The zero-order valence-electron chi connectivity index (χ0n) is 15.1. The molecular weight excluding hydrogens is 328 g/mol. The Hall–Kier alpha value is -3.08. The summed E-state index contributed by atoms with van der Waals surface area (Å²) in [5.74, 6) is 1.17. The van der Waals surface area contributed by atoms with Crippen molar-refractivity contribution < 1.29 is 9.15 Å². The highest BCUT2D eigenvalue weighted by atomic mass is 16.5. The van der Waals surface area contributed by atoms with E-state index in [1.165, 1.54) is 6.07 Å². The van der Waals surface area contributed by atoms with E-state index in [0.717, 1.165) is 29.7 Å². The first-order valence-electron chi connectivity index (χ1n) is 8.75. The fourth-order valence-electron chi connectivity index (χ4n) is 3.35. The van der Waals surface area contributed by atoms with Crippen LogP contribution in [0.5, 0.6) is 5.75 Å². The summed E-state index contributed by atoms with van der Waals surface area (Å²) in [4.78, 5) is 19.5. The summed E-state index contributed by atoms with van der Waals surface area (Å²) < 4.78 is 11.4. The van der Waals surface area contributed by atoms with E-state index in [1.807, 2.05) is 18.2 Å². The van der Waals surface area contributed by atoms with Gasteiger partial charge in [0.15, 0.2) is 16.8 Å². The number of benzene rings is 3. The van der Waals surface area contributed by atoms with Crippen LogP contribution in [0.2, 0.25) is 0 Å². The Labute approximate surface area is 151 Å². The number of nitrogens with zero attached hydrogens (tertiary/aromatic N) is 2. The molecule has 5 nitrogen and oxygen atoms in total. The molecule has 2 aromatic carbocycles. The van der Waals surface area contributed by atoms with E-state index in [2.05, 4.69) is 24.8 Å². The highest BCUT2D eigenvalue weighted by Crippen LogP contribution is 2.33. The number of hydrogen-bond donors (Lipinski definition) is 0. The van der Waals surface area contributed by atoms with E-state index in [9.17, 15) is 4.79 Å². The van der Waals surface area contributed by atoms with Crippen LogP contribution in [0.1, 0.15) is 13.8 Å². The van der Waals surface area contributed by atoms with Gasteiger partial charge in [0.05, 0.1) is 7.11 Å². The Kier molecular flexibility index (Phi) is 3.99. The quantitative estimate of drug-likeness (QED) is 0.406. The molecule has 0 radical (unpaired) electrons. The summed E-state index contributed by atoms with van der Waals surface area (Å²) in [6.45, 7) is 6.07. The number of fused-ring (bicyclic) bond motifs is 4. The van der Waals surface area contributed by atoms with Crippen molar-refractivity contribution in [3.63, 3.8) is 0 Å². The number of anilines is 1. The first-order chi connectivity index (χ1) is 12.6. The van der Waals surface area contributed by atoms with E-state index in [1.54, 1.807) is 19.2 Å². The lowest BCUT2D eigenvalue weighted by Crippen LogP contribution is -2.21. The first-order valence-corrected chi connectivity index (χ1v) is 8.75. The molecule has 2 aliphatic rings. The first kappa shape index (κ1) is 16.4. The minimum absolute atomic E-state index is 0.0834. The van der Waals surface area contributed by atoms with Crippen molar-refractivity contribution in [2.24, 2.45) is 0 Å². The van der Waals surface area contributed by atoms with E-state index < -0.39 is 0 Å². The molecule has 1 aliphatic heterocycles. The third kappa shape index (κ3) is 2.56. The van der Waals surface area contributed by atoms with Crippen molar-refractivity contribution in [2.45, 2.75) is 13.8 Å². The monoisotopic (exact) mass is 348 g/mol. The fraction of sp³-hybridized carbons (Fsp3) is 0.238. The second-order valence-corrected chi connectivity index (χ2v) is 6.17. The van der Waals surface area contributed by atoms with Gasteiger partial charge in [-0.25, -0.2) is 4.98 Å². The van der Waals surface area contributed by atoms with Gasteiger partial charge in [-0.2, -0.15) is 0 Å². The summed E-state index contributed by atoms with van der Waals surface area (Å²) >= 11 is 0. The van der Waals surface area contributed by atoms with Crippen LogP contribution in [-0.4, -0.2) is 25.2 Å². The minimum Gasteiger partial charge on any atom is -0.497 e. The predicted octanol–water partition coefficient (Wildman–Crippen LogP) is 4.30. The standard InChI is InChI=1S/C21H20N2O3/c1-4-23(5-2)13-6-9-17-19(10-13)26-20-12-18(24)15-8-7-14(25-3)11-16(15)21(20)22-17/h6-12H,4-5H2,1-3H3. The van der Waals surface area contributed by atoms with Gasteiger partial charge in [-0.1, -0.05) is 0 Å². The Bertz CT molecular complexity index is 1130. The molecule has 0 bridgehead atoms. The molecule has 0 saturated heterocycles. The summed E-state index contributed by atoms with van der Waals surface area (Å²) in [5, 5.41) is 1.35. The second kappa shape index (κ2) is 6.33. The van der Waals surface area contributed by atoms with Crippen LogP contribution in [0.15, 0.2) is 51.7 Å². The smallest absolute Gasteiger partial charge is 0.190 e. The molecule has 0 fully saturated rings. The average molecular weight is 348 g/mol. The largest absolute Gasteiger partial charge is 0.497 e. The number of methoxy groups -OCH3 is 1. The number of hydrogen-bond acceptors (Lipinski definition) is 5. The van der Waals surface area contributed by atoms with Gasteiger partial charge in [-0.3, -0.25) is 4.79 Å². The molecule has 0 unspecified atom stereocenters. The third-order valence-corrected chi connectivity index (χ3v) is 4.77. The Morgan fingerprint density at radius 2 is 1.85 bits per heavy atom. The van der Waals surface area contributed by atoms with Crippen LogP contribution in [0, 0.1) is 0 Å². The van der Waals surface area contributed by atoms with Crippen LogP contribution in [0.4, 0.5) is 5.69 Å². The molecule has 0 N–H and O–H groups in total. The maximum Gasteiger partial charge on any atom is 0.190 e. The highest BCUT2D eigenvalue weighted by Gasteiger charge is 2.17. The lowest BCUT2D eigenvalue weighted by Gasteiger charge is -2.21. The Morgan fingerprint density at radius 1 is 1.04 bits per heavy atom.